The van der Waals surface area contributed by atoms with Crippen molar-refractivity contribution in [3.05, 3.63) is 58.6 Å². The van der Waals surface area contributed by atoms with Gasteiger partial charge in [0, 0.05) is 13.1 Å². The Labute approximate surface area is 154 Å². The molecule has 6 heteroatoms. The molecule has 0 aromatic heterocycles. The molecule has 0 saturated carbocycles. The Balaban J connectivity index is 0.00000288. The minimum absolute atomic E-state index is 0. The lowest BCUT2D eigenvalue weighted by molar-refractivity contribution is 0.174. The summed E-state index contributed by atoms with van der Waals surface area (Å²) in [5.41, 5.74) is 1.86. The summed E-state index contributed by atoms with van der Waals surface area (Å²) in [4.78, 5) is 0. The molecular formula is C18H23Cl2NO3. The number of aliphatic hydroxyl groups excluding tert-OH is 1. The lowest BCUT2D eigenvalue weighted by Gasteiger charge is -2.15. The summed E-state index contributed by atoms with van der Waals surface area (Å²) in [6, 6.07) is 13.3. The van der Waals surface area contributed by atoms with Crippen LogP contribution in [-0.4, -0.2) is 25.4 Å². The highest BCUT2D eigenvalue weighted by Gasteiger charge is 2.12. The zero-order valence-corrected chi connectivity index (χ0v) is 15.4. The second-order valence-corrected chi connectivity index (χ2v) is 5.51. The van der Waals surface area contributed by atoms with E-state index in [1.165, 1.54) is 0 Å². The predicted molar refractivity (Wildman–Crippen MR) is 99.5 cm³/mol. The number of halogens is 2. The number of methoxy groups -OCH3 is 1. The molecule has 0 aliphatic heterocycles. The van der Waals surface area contributed by atoms with E-state index in [2.05, 4.69) is 5.32 Å². The van der Waals surface area contributed by atoms with Crippen LogP contribution in [0, 0.1) is 0 Å². The molecule has 2 aromatic rings. The lowest BCUT2D eigenvalue weighted by atomic mass is 10.1. The fourth-order valence-corrected chi connectivity index (χ4v) is 2.64. The first kappa shape index (κ1) is 20.6. The van der Waals surface area contributed by atoms with Gasteiger partial charge in [-0.15, -0.1) is 12.4 Å². The van der Waals surface area contributed by atoms with E-state index in [0.717, 1.165) is 11.1 Å². The number of ether oxygens (including phenoxy) is 2. The fraction of sp³-hybridized carbons (Fsp3) is 0.333. The molecule has 0 radical (unpaired) electrons. The number of rotatable bonds is 8. The highest BCUT2D eigenvalue weighted by Crippen LogP contribution is 2.36. The lowest BCUT2D eigenvalue weighted by Crippen LogP contribution is -2.21. The van der Waals surface area contributed by atoms with E-state index < -0.39 is 6.10 Å². The van der Waals surface area contributed by atoms with Crippen molar-refractivity contribution in [1.82, 2.24) is 5.32 Å². The van der Waals surface area contributed by atoms with Crippen LogP contribution in [0.3, 0.4) is 0 Å². The van der Waals surface area contributed by atoms with Crippen molar-refractivity contribution in [3.8, 4) is 11.5 Å². The maximum Gasteiger partial charge on any atom is 0.179 e. The molecule has 132 valence electrons. The third kappa shape index (κ3) is 5.56. The molecule has 0 saturated heterocycles. The van der Waals surface area contributed by atoms with Crippen LogP contribution >= 0.6 is 24.0 Å². The maximum absolute atomic E-state index is 10.1. The van der Waals surface area contributed by atoms with Gasteiger partial charge in [-0.05, 0) is 30.2 Å². The van der Waals surface area contributed by atoms with E-state index in [0.29, 0.717) is 36.2 Å². The largest absolute Gasteiger partial charge is 0.491 e. The van der Waals surface area contributed by atoms with Crippen molar-refractivity contribution < 1.29 is 14.6 Å². The van der Waals surface area contributed by atoms with E-state index in [1.54, 1.807) is 7.11 Å². The van der Waals surface area contributed by atoms with Crippen molar-refractivity contribution in [2.75, 3.05) is 20.3 Å². The molecule has 0 aliphatic rings. The Morgan fingerprint density at radius 2 is 1.92 bits per heavy atom. The normalized spacial score (nSPS) is 11.5. The van der Waals surface area contributed by atoms with Crippen molar-refractivity contribution in [3.63, 3.8) is 0 Å². The van der Waals surface area contributed by atoms with E-state index in [1.807, 2.05) is 49.4 Å². The summed E-state index contributed by atoms with van der Waals surface area (Å²) in [6.45, 7) is 3.48. The second kappa shape index (κ2) is 10.4. The quantitative estimate of drug-likeness (QED) is 0.736. The van der Waals surface area contributed by atoms with Crippen LogP contribution in [-0.2, 0) is 6.54 Å². The van der Waals surface area contributed by atoms with Gasteiger partial charge in [-0.3, -0.25) is 0 Å². The van der Waals surface area contributed by atoms with Crippen LogP contribution in [0.1, 0.15) is 24.2 Å². The number of hydrogen-bond donors (Lipinski definition) is 2. The third-order valence-electron chi connectivity index (χ3n) is 3.42. The Morgan fingerprint density at radius 3 is 2.54 bits per heavy atom. The molecule has 0 fully saturated rings. The smallest absolute Gasteiger partial charge is 0.179 e. The summed E-state index contributed by atoms with van der Waals surface area (Å²) >= 11 is 6.23. The van der Waals surface area contributed by atoms with Crippen molar-refractivity contribution in [1.29, 1.82) is 0 Å². The first-order valence-electron chi connectivity index (χ1n) is 7.58. The average Bonchev–Trinajstić information content (AvgIpc) is 2.56. The summed E-state index contributed by atoms with van der Waals surface area (Å²) < 4.78 is 10.8. The van der Waals surface area contributed by atoms with Gasteiger partial charge in [-0.1, -0.05) is 41.9 Å². The van der Waals surface area contributed by atoms with Gasteiger partial charge >= 0.3 is 0 Å². The first-order chi connectivity index (χ1) is 11.2. The second-order valence-electron chi connectivity index (χ2n) is 5.10. The summed E-state index contributed by atoms with van der Waals surface area (Å²) in [5.74, 6) is 1.17. The van der Waals surface area contributed by atoms with Gasteiger partial charge in [0.05, 0.1) is 24.8 Å². The Bertz CT molecular complexity index is 623. The highest BCUT2D eigenvalue weighted by atomic mass is 35.5. The average molecular weight is 372 g/mol. The van der Waals surface area contributed by atoms with Crippen LogP contribution in [0.15, 0.2) is 42.5 Å². The molecule has 2 aromatic carbocycles. The van der Waals surface area contributed by atoms with E-state index in [9.17, 15) is 5.11 Å². The van der Waals surface area contributed by atoms with Crippen molar-refractivity contribution in [2.24, 2.45) is 0 Å². The molecule has 2 rings (SSSR count). The van der Waals surface area contributed by atoms with Gasteiger partial charge in [0.2, 0.25) is 0 Å². The van der Waals surface area contributed by atoms with Gasteiger partial charge in [0.15, 0.2) is 11.5 Å². The van der Waals surface area contributed by atoms with Gasteiger partial charge in [0.1, 0.15) is 0 Å². The third-order valence-corrected chi connectivity index (χ3v) is 3.71. The first-order valence-corrected chi connectivity index (χ1v) is 7.96. The van der Waals surface area contributed by atoms with Crippen LogP contribution in [0.2, 0.25) is 5.02 Å². The minimum Gasteiger partial charge on any atom is -0.491 e. The van der Waals surface area contributed by atoms with Crippen molar-refractivity contribution in [2.45, 2.75) is 19.6 Å². The highest BCUT2D eigenvalue weighted by molar-refractivity contribution is 6.32. The minimum atomic E-state index is -0.545. The molecule has 0 spiro atoms. The zero-order valence-electron chi connectivity index (χ0n) is 13.8. The number of benzene rings is 2. The van der Waals surface area contributed by atoms with Gasteiger partial charge in [-0.25, -0.2) is 0 Å². The Kier molecular flexibility index (Phi) is 8.93. The number of hydrogen-bond acceptors (Lipinski definition) is 4. The maximum atomic E-state index is 10.1. The molecular weight excluding hydrogens is 349 g/mol. The van der Waals surface area contributed by atoms with Crippen LogP contribution < -0.4 is 14.8 Å². The predicted octanol–water partition coefficient (Wildman–Crippen LogP) is 3.99. The Hall–Kier alpha value is -1.46. The molecule has 0 amide bonds. The van der Waals surface area contributed by atoms with Crippen molar-refractivity contribution >= 4 is 24.0 Å². The molecule has 1 atom stereocenters. The van der Waals surface area contributed by atoms with Crippen LogP contribution in [0.4, 0.5) is 0 Å². The molecule has 24 heavy (non-hydrogen) atoms. The van der Waals surface area contributed by atoms with Crippen LogP contribution in [0.25, 0.3) is 0 Å². The fourth-order valence-electron chi connectivity index (χ4n) is 2.33. The molecule has 4 nitrogen and oxygen atoms in total. The summed E-state index contributed by atoms with van der Waals surface area (Å²) in [7, 11) is 1.57. The molecule has 0 bridgehead atoms. The van der Waals surface area contributed by atoms with Gasteiger partial charge in [0.25, 0.3) is 0 Å². The summed E-state index contributed by atoms with van der Waals surface area (Å²) in [5, 5.41) is 13.9. The standard InChI is InChI=1S/C18H22ClNO3.ClH/c1-3-23-17-10-13(9-15(19)18(17)22-2)11-20-12-16(21)14-7-5-4-6-8-14;/h4-10,16,20-21H,3,11-12H2,1-2H3;1H. The van der Waals surface area contributed by atoms with Gasteiger partial charge in [-0.2, -0.15) is 0 Å². The van der Waals surface area contributed by atoms with Crippen LogP contribution in [0.5, 0.6) is 11.5 Å². The summed E-state index contributed by atoms with van der Waals surface area (Å²) in [6.07, 6.45) is -0.545. The Morgan fingerprint density at radius 1 is 1.21 bits per heavy atom. The SMILES string of the molecule is CCOc1cc(CNCC(O)c2ccccc2)cc(Cl)c1OC.Cl. The monoisotopic (exact) mass is 371 g/mol. The zero-order chi connectivity index (χ0) is 16.7. The van der Waals surface area contributed by atoms with Gasteiger partial charge < -0.3 is 19.9 Å². The van der Waals surface area contributed by atoms with E-state index in [4.69, 9.17) is 21.1 Å². The number of nitrogens with one attached hydrogen (secondary N) is 1. The molecule has 0 heterocycles. The molecule has 1 unspecified atom stereocenters. The van der Waals surface area contributed by atoms with E-state index in [-0.39, 0.29) is 12.4 Å². The number of aliphatic hydroxyl groups is 1. The molecule has 0 aliphatic carbocycles. The molecule has 2 N–H and O–H groups in total. The van der Waals surface area contributed by atoms with E-state index >= 15 is 0 Å². The topological polar surface area (TPSA) is 50.7 Å².